The lowest BCUT2D eigenvalue weighted by atomic mass is 9.97. The molecule has 22 heavy (non-hydrogen) atoms. The SMILES string of the molecule is O=C1CCCc2ccccc2CCCc2cc(O)c1c(=O)o2. The number of ketones is 1. The normalized spacial score (nSPS) is 15.5. The predicted molar refractivity (Wildman–Crippen MR) is 82.4 cm³/mol. The summed E-state index contributed by atoms with van der Waals surface area (Å²) >= 11 is 0. The lowest BCUT2D eigenvalue weighted by molar-refractivity contribution is 0.0973. The van der Waals surface area contributed by atoms with E-state index < -0.39 is 5.63 Å². The van der Waals surface area contributed by atoms with Crippen molar-refractivity contribution in [3.63, 3.8) is 0 Å². The zero-order valence-electron chi connectivity index (χ0n) is 12.3. The van der Waals surface area contributed by atoms with Gasteiger partial charge < -0.3 is 9.52 Å². The third-order valence-corrected chi connectivity index (χ3v) is 4.10. The van der Waals surface area contributed by atoms with Crippen LogP contribution in [0.3, 0.4) is 0 Å². The maximum absolute atomic E-state index is 12.2. The van der Waals surface area contributed by atoms with Crippen molar-refractivity contribution in [3.8, 4) is 5.75 Å². The van der Waals surface area contributed by atoms with Gasteiger partial charge >= 0.3 is 5.63 Å². The molecule has 0 fully saturated rings. The number of hydrogen-bond donors (Lipinski definition) is 1. The molecule has 4 nitrogen and oxygen atoms in total. The summed E-state index contributed by atoms with van der Waals surface area (Å²) in [6.07, 6.45) is 3.95. The second kappa shape index (κ2) is 6.18. The summed E-state index contributed by atoms with van der Waals surface area (Å²) in [7, 11) is 0. The lowest BCUT2D eigenvalue weighted by Crippen LogP contribution is -2.15. The fourth-order valence-electron chi connectivity index (χ4n) is 2.97. The molecule has 1 aliphatic heterocycles. The molecule has 0 saturated heterocycles. The van der Waals surface area contributed by atoms with E-state index in [-0.39, 0.29) is 23.5 Å². The molecule has 0 radical (unpaired) electrons. The number of fused-ring (bicyclic) bond motifs is 7. The van der Waals surface area contributed by atoms with Crippen LogP contribution < -0.4 is 5.63 Å². The first-order valence-corrected chi connectivity index (χ1v) is 7.61. The quantitative estimate of drug-likeness (QED) is 0.811. The van der Waals surface area contributed by atoms with Crippen LogP contribution in [0.1, 0.15) is 46.5 Å². The van der Waals surface area contributed by atoms with Gasteiger partial charge in [0.2, 0.25) is 0 Å². The van der Waals surface area contributed by atoms with E-state index in [9.17, 15) is 14.7 Å². The van der Waals surface area contributed by atoms with Crippen LogP contribution in [0.5, 0.6) is 5.75 Å². The molecule has 2 aliphatic rings. The fourth-order valence-corrected chi connectivity index (χ4v) is 2.97. The molecule has 1 aromatic carbocycles. The Balaban J connectivity index is 1.96. The van der Waals surface area contributed by atoms with Crippen LogP contribution in [0.25, 0.3) is 0 Å². The predicted octanol–water partition coefficient (Wildman–Crippen LogP) is 3.04. The van der Waals surface area contributed by atoms with Crippen LogP contribution in [0.4, 0.5) is 0 Å². The molecule has 1 aliphatic carbocycles. The monoisotopic (exact) mass is 298 g/mol. The molecule has 0 unspecified atom stereocenters. The van der Waals surface area contributed by atoms with Crippen molar-refractivity contribution in [1.29, 1.82) is 0 Å². The standard InChI is InChI=1S/C18H18O4/c19-15-10-4-8-13-6-2-1-5-12(13)7-3-9-14-11-16(20)17(15)18(21)22-14/h1-2,5-6,11,20H,3-4,7-10H2. The molecule has 0 spiro atoms. The summed E-state index contributed by atoms with van der Waals surface area (Å²) in [6, 6.07) is 9.62. The maximum atomic E-state index is 12.2. The first-order valence-electron chi connectivity index (χ1n) is 7.61. The molecular weight excluding hydrogens is 280 g/mol. The second-order valence-electron chi connectivity index (χ2n) is 5.66. The van der Waals surface area contributed by atoms with E-state index in [1.807, 2.05) is 12.1 Å². The molecule has 2 aromatic rings. The van der Waals surface area contributed by atoms with E-state index in [1.54, 1.807) is 0 Å². The Morgan fingerprint density at radius 1 is 0.909 bits per heavy atom. The van der Waals surface area contributed by atoms with Gasteiger partial charge in [0, 0.05) is 18.9 Å². The van der Waals surface area contributed by atoms with E-state index in [2.05, 4.69) is 12.1 Å². The van der Waals surface area contributed by atoms with Crippen molar-refractivity contribution in [2.45, 2.75) is 38.5 Å². The highest BCUT2D eigenvalue weighted by Gasteiger charge is 2.19. The van der Waals surface area contributed by atoms with E-state index in [0.717, 1.165) is 19.3 Å². The van der Waals surface area contributed by atoms with Crippen molar-refractivity contribution in [2.24, 2.45) is 0 Å². The number of carbonyl (C=O) groups is 1. The van der Waals surface area contributed by atoms with Crippen LogP contribution in [-0.2, 0) is 19.3 Å². The van der Waals surface area contributed by atoms with Crippen molar-refractivity contribution in [3.05, 3.63) is 63.2 Å². The average Bonchev–Trinajstić information content (AvgIpc) is 2.49. The van der Waals surface area contributed by atoms with Crippen molar-refractivity contribution >= 4 is 5.78 Å². The third kappa shape index (κ3) is 2.96. The van der Waals surface area contributed by atoms with Gasteiger partial charge in [-0.1, -0.05) is 24.3 Å². The van der Waals surface area contributed by atoms with E-state index in [1.165, 1.54) is 17.2 Å². The Labute approximate surface area is 128 Å². The number of carbonyl (C=O) groups excluding carboxylic acids is 1. The minimum absolute atomic E-state index is 0.212. The van der Waals surface area contributed by atoms with E-state index >= 15 is 0 Å². The van der Waals surface area contributed by atoms with Gasteiger partial charge in [-0.2, -0.15) is 0 Å². The van der Waals surface area contributed by atoms with Crippen LogP contribution in [0.2, 0.25) is 0 Å². The topological polar surface area (TPSA) is 67.5 Å². The summed E-state index contributed by atoms with van der Waals surface area (Å²) in [5.41, 5.74) is 1.59. The Morgan fingerprint density at radius 2 is 1.55 bits per heavy atom. The highest BCUT2D eigenvalue weighted by atomic mass is 16.4. The number of hydrogen-bond acceptors (Lipinski definition) is 4. The van der Waals surface area contributed by atoms with Crippen molar-refractivity contribution in [1.82, 2.24) is 0 Å². The van der Waals surface area contributed by atoms with Crippen LogP contribution in [-0.4, -0.2) is 10.9 Å². The summed E-state index contributed by atoms with van der Waals surface area (Å²) in [5.74, 6) is -0.182. The van der Waals surface area contributed by atoms with Gasteiger partial charge in [-0.05, 0) is 36.8 Å². The number of benzene rings is 1. The molecular formula is C18H18O4. The van der Waals surface area contributed by atoms with Crippen molar-refractivity contribution in [2.75, 3.05) is 0 Å². The first-order chi connectivity index (χ1) is 10.6. The Morgan fingerprint density at radius 3 is 2.18 bits per heavy atom. The van der Waals surface area contributed by atoms with Gasteiger partial charge in [-0.25, -0.2) is 4.79 Å². The van der Waals surface area contributed by atoms with Gasteiger partial charge in [0.05, 0.1) is 0 Å². The summed E-state index contributed by atoms with van der Waals surface area (Å²) < 4.78 is 5.18. The van der Waals surface area contributed by atoms with Gasteiger partial charge in [0.1, 0.15) is 17.1 Å². The molecule has 0 saturated carbocycles. The zero-order chi connectivity index (χ0) is 15.5. The van der Waals surface area contributed by atoms with Crippen LogP contribution in [0, 0.1) is 0 Å². The molecule has 2 heterocycles. The Kier molecular flexibility index (Phi) is 4.09. The number of aryl methyl sites for hydroxylation is 3. The fraction of sp³-hybridized carbons (Fsp3) is 0.333. The molecule has 0 atom stereocenters. The van der Waals surface area contributed by atoms with Gasteiger partial charge in [0.25, 0.3) is 0 Å². The summed E-state index contributed by atoms with van der Waals surface area (Å²) in [6.45, 7) is 0. The number of Topliss-reactive ketones (excluding diaryl/α,β-unsaturated/α-hetero) is 1. The molecule has 4 heteroatoms. The largest absolute Gasteiger partial charge is 0.507 e. The molecule has 4 rings (SSSR count). The first kappa shape index (κ1) is 14.6. The molecule has 0 amide bonds. The average molecular weight is 298 g/mol. The highest BCUT2D eigenvalue weighted by molar-refractivity contribution is 5.98. The van der Waals surface area contributed by atoms with Crippen LogP contribution in [0.15, 0.2) is 39.5 Å². The summed E-state index contributed by atoms with van der Waals surface area (Å²) in [4.78, 5) is 24.1. The van der Waals surface area contributed by atoms with Crippen LogP contribution >= 0.6 is 0 Å². The minimum Gasteiger partial charge on any atom is -0.507 e. The molecule has 1 N–H and O–H groups in total. The zero-order valence-corrected chi connectivity index (χ0v) is 12.3. The molecule has 2 bridgehead atoms. The minimum atomic E-state index is -0.725. The molecule has 1 aromatic heterocycles. The summed E-state index contributed by atoms with van der Waals surface area (Å²) in [5, 5.41) is 9.95. The third-order valence-electron chi connectivity index (χ3n) is 4.10. The highest BCUT2D eigenvalue weighted by Crippen LogP contribution is 2.21. The van der Waals surface area contributed by atoms with Gasteiger partial charge in [-0.15, -0.1) is 0 Å². The number of aromatic hydroxyl groups is 1. The second-order valence-corrected chi connectivity index (χ2v) is 5.66. The van der Waals surface area contributed by atoms with E-state index in [4.69, 9.17) is 4.42 Å². The van der Waals surface area contributed by atoms with Crippen molar-refractivity contribution < 1.29 is 14.3 Å². The van der Waals surface area contributed by atoms with Gasteiger partial charge in [0.15, 0.2) is 5.78 Å². The molecule has 114 valence electrons. The van der Waals surface area contributed by atoms with E-state index in [0.29, 0.717) is 18.6 Å². The Bertz CT molecular complexity index is 758. The van der Waals surface area contributed by atoms with Gasteiger partial charge in [-0.3, -0.25) is 4.79 Å². The Hall–Kier alpha value is -2.36. The lowest BCUT2D eigenvalue weighted by Gasteiger charge is -2.08. The smallest absolute Gasteiger partial charge is 0.350 e. The maximum Gasteiger partial charge on any atom is 0.350 e. The number of rotatable bonds is 0.